The number of methoxy groups -OCH3 is 1. The van der Waals surface area contributed by atoms with E-state index in [4.69, 9.17) is 9.72 Å². The number of anilines is 4. The Bertz CT molecular complexity index is 1050. The van der Waals surface area contributed by atoms with E-state index in [-0.39, 0.29) is 5.91 Å². The third-order valence-corrected chi connectivity index (χ3v) is 5.10. The monoisotopic (exact) mass is 418 g/mol. The highest BCUT2D eigenvalue weighted by Crippen LogP contribution is 2.22. The molecule has 31 heavy (non-hydrogen) atoms. The second-order valence-electron chi connectivity index (χ2n) is 7.49. The Morgan fingerprint density at radius 3 is 2.48 bits per heavy atom. The molecule has 2 N–H and O–H groups in total. The van der Waals surface area contributed by atoms with Crippen molar-refractivity contribution in [3.8, 4) is 5.88 Å². The molecule has 160 valence electrons. The number of nitrogens with one attached hydrogen (secondary N) is 2. The number of rotatable bonds is 6. The van der Waals surface area contributed by atoms with E-state index in [9.17, 15) is 4.79 Å². The number of nitrogens with zero attached hydrogens (tertiary/aromatic N) is 4. The summed E-state index contributed by atoms with van der Waals surface area (Å²) in [5, 5.41) is 6.22. The fourth-order valence-corrected chi connectivity index (χ4v) is 3.50. The Kier molecular flexibility index (Phi) is 6.26. The minimum Gasteiger partial charge on any atom is -0.481 e. The van der Waals surface area contributed by atoms with E-state index in [0.29, 0.717) is 17.1 Å². The number of carbonyl (C=O) groups excluding carboxylic acids is 1. The number of aryl methyl sites for hydroxylation is 1. The molecule has 0 saturated carbocycles. The Morgan fingerprint density at radius 1 is 1.00 bits per heavy atom. The van der Waals surface area contributed by atoms with Crippen molar-refractivity contribution in [2.75, 3.05) is 35.7 Å². The SMILES string of the molecule is COc1cc(C(=O)Nc2ccc(Nc3cc(C)nc(N4CCCCC4)n3)cc2)ccn1. The molecule has 2 aromatic heterocycles. The highest BCUT2D eigenvalue weighted by atomic mass is 16.5. The maximum atomic E-state index is 12.5. The quantitative estimate of drug-likeness (QED) is 0.620. The van der Waals surface area contributed by atoms with Crippen LogP contribution in [0, 0.1) is 6.92 Å². The van der Waals surface area contributed by atoms with Crippen LogP contribution in [0.15, 0.2) is 48.7 Å². The first kappa shape index (κ1) is 20.6. The molecule has 1 aliphatic rings. The van der Waals surface area contributed by atoms with E-state index in [0.717, 1.165) is 36.2 Å². The molecule has 1 saturated heterocycles. The molecule has 1 fully saturated rings. The molecule has 0 aliphatic carbocycles. The summed E-state index contributed by atoms with van der Waals surface area (Å²) in [7, 11) is 1.52. The fourth-order valence-electron chi connectivity index (χ4n) is 3.50. The zero-order valence-electron chi connectivity index (χ0n) is 17.8. The van der Waals surface area contributed by atoms with Gasteiger partial charge in [-0.25, -0.2) is 9.97 Å². The average molecular weight is 419 g/mol. The summed E-state index contributed by atoms with van der Waals surface area (Å²) < 4.78 is 5.07. The molecular weight excluding hydrogens is 392 g/mol. The van der Waals surface area contributed by atoms with Crippen LogP contribution in [0.4, 0.5) is 23.1 Å². The summed E-state index contributed by atoms with van der Waals surface area (Å²) >= 11 is 0. The zero-order chi connectivity index (χ0) is 21.6. The Morgan fingerprint density at radius 2 is 1.74 bits per heavy atom. The summed E-state index contributed by atoms with van der Waals surface area (Å²) in [5.74, 6) is 1.71. The first-order valence-electron chi connectivity index (χ1n) is 10.4. The molecule has 0 spiro atoms. The number of hydrogen-bond acceptors (Lipinski definition) is 7. The van der Waals surface area contributed by atoms with Crippen molar-refractivity contribution >= 4 is 29.0 Å². The number of piperidine rings is 1. The molecule has 0 unspecified atom stereocenters. The van der Waals surface area contributed by atoms with Gasteiger partial charge >= 0.3 is 0 Å². The van der Waals surface area contributed by atoms with E-state index >= 15 is 0 Å². The van der Waals surface area contributed by atoms with Gasteiger partial charge in [0, 0.05) is 54.1 Å². The van der Waals surface area contributed by atoms with Gasteiger partial charge in [0.05, 0.1) is 7.11 Å². The maximum absolute atomic E-state index is 12.5. The number of aromatic nitrogens is 3. The highest BCUT2D eigenvalue weighted by molar-refractivity contribution is 6.04. The Hall–Kier alpha value is -3.68. The van der Waals surface area contributed by atoms with E-state index < -0.39 is 0 Å². The van der Waals surface area contributed by atoms with Crippen LogP contribution in [-0.2, 0) is 0 Å². The molecule has 3 aromatic rings. The normalized spacial score (nSPS) is 13.5. The predicted octanol–water partition coefficient (Wildman–Crippen LogP) is 4.17. The summed E-state index contributed by atoms with van der Waals surface area (Å²) in [6, 6.07) is 12.7. The first-order chi connectivity index (χ1) is 15.1. The van der Waals surface area contributed by atoms with Crippen LogP contribution in [0.1, 0.15) is 35.3 Å². The van der Waals surface area contributed by atoms with E-state index in [1.807, 2.05) is 37.3 Å². The van der Waals surface area contributed by atoms with Crippen molar-refractivity contribution in [3.63, 3.8) is 0 Å². The number of carbonyl (C=O) groups is 1. The lowest BCUT2D eigenvalue weighted by Gasteiger charge is -2.27. The van der Waals surface area contributed by atoms with Gasteiger partial charge in [0.2, 0.25) is 11.8 Å². The minimum atomic E-state index is -0.223. The number of pyridine rings is 1. The van der Waals surface area contributed by atoms with Gasteiger partial charge in [-0.2, -0.15) is 4.98 Å². The van der Waals surface area contributed by atoms with Crippen LogP contribution < -0.4 is 20.3 Å². The lowest BCUT2D eigenvalue weighted by Crippen LogP contribution is -2.31. The topological polar surface area (TPSA) is 92.3 Å². The molecule has 1 aromatic carbocycles. The van der Waals surface area contributed by atoms with Gasteiger partial charge in [0.1, 0.15) is 5.82 Å². The fraction of sp³-hybridized carbons (Fsp3) is 0.304. The molecule has 1 amide bonds. The molecule has 3 heterocycles. The number of benzene rings is 1. The van der Waals surface area contributed by atoms with Crippen LogP contribution in [0.25, 0.3) is 0 Å². The van der Waals surface area contributed by atoms with Gasteiger partial charge in [0.15, 0.2) is 0 Å². The molecule has 0 radical (unpaired) electrons. The molecular formula is C23H26N6O2. The van der Waals surface area contributed by atoms with Gasteiger partial charge in [0.25, 0.3) is 5.91 Å². The van der Waals surface area contributed by atoms with Gasteiger partial charge in [-0.05, 0) is 56.5 Å². The van der Waals surface area contributed by atoms with Crippen LogP contribution in [0.2, 0.25) is 0 Å². The molecule has 4 rings (SSSR count). The van der Waals surface area contributed by atoms with Gasteiger partial charge < -0.3 is 20.3 Å². The van der Waals surface area contributed by atoms with Crippen molar-refractivity contribution in [2.45, 2.75) is 26.2 Å². The van der Waals surface area contributed by atoms with Crippen molar-refractivity contribution in [1.82, 2.24) is 15.0 Å². The lowest BCUT2D eigenvalue weighted by molar-refractivity contribution is 0.102. The highest BCUT2D eigenvalue weighted by Gasteiger charge is 2.15. The zero-order valence-corrected chi connectivity index (χ0v) is 17.8. The van der Waals surface area contributed by atoms with E-state index in [1.54, 1.807) is 18.3 Å². The van der Waals surface area contributed by atoms with Crippen LogP contribution in [-0.4, -0.2) is 41.1 Å². The summed E-state index contributed by atoms with van der Waals surface area (Å²) in [5.41, 5.74) is 2.98. The minimum absolute atomic E-state index is 0.223. The third-order valence-electron chi connectivity index (χ3n) is 5.10. The Balaban J connectivity index is 1.42. The smallest absolute Gasteiger partial charge is 0.255 e. The summed E-state index contributed by atoms with van der Waals surface area (Å²) in [4.78, 5) is 28.0. The second-order valence-corrected chi connectivity index (χ2v) is 7.49. The number of ether oxygens (including phenoxy) is 1. The Labute approximate surface area is 181 Å². The molecule has 0 bridgehead atoms. The molecule has 1 aliphatic heterocycles. The van der Waals surface area contributed by atoms with E-state index in [2.05, 4.69) is 25.5 Å². The van der Waals surface area contributed by atoms with Gasteiger partial charge in [-0.3, -0.25) is 4.79 Å². The average Bonchev–Trinajstić information content (AvgIpc) is 2.80. The van der Waals surface area contributed by atoms with Crippen molar-refractivity contribution in [1.29, 1.82) is 0 Å². The van der Waals surface area contributed by atoms with E-state index in [1.165, 1.54) is 26.4 Å². The maximum Gasteiger partial charge on any atom is 0.255 e. The first-order valence-corrected chi connectivity index (χ1v) is 10.4. The second kappa shape index (κ2) is 9.42. The van der Waals surface area contributed by atoms with Crippen molar-refractivity contribution < 1.29 is 9.53 Å². The molecule has 8 heteroatoms. The third kappa shape index (κ3) is 5.28. The lowest BCUT2D eigenvalue weighted by atomic mass is 10.1. The van der Waals surface area contributed by atoms with Crippen LogP contribution in [0.3, 0.4) is 0 Å². The molecule has 8 nitrogen and oxygen atoms in total. The van der Waals surface area contributed by atoms with Gasteiger partial charge in [-0.15, -0.1) is 0 Å². The predicted molar refractivity (Wildman–Crippen MR) is 121 cm³/mol. The largest absolute Gasteiger partial charge is 0.481 e. The number of hydrogen-bond donors (Lipinski definition) is 2. The number of amides is 1. The van der Waals surface area contributed by atoms with Crippen molar-refractivity contribution in [2.24, 2.45) is 0 Å². The van der Waals surface area contributed by atoms with Gasteiger partial charge in [-0.1, -0.05) is 0 Å². The summed E-state index contributed by atoms with van der Waals surface area (Å²) in [6.07, 6.45) is 5.17. The van der Waals surface area contributed by atoms with Crippen LogP contribution >= 0.6 is 0 Å². The standard InChI is InChI=1S/C23H26N6O2/c1-16-14-20(28-23(25-16)29-12-4-3-5-13-29)26-18-6-8-19(9-7-18)27-22(30)17-10-11-24-21(15-17)31-2/h6-11,14-15H,3-5,12-13H2,1-2H3,(H,27,30)(H,25,26,28). The molecule has 0 atom stereocenters. The van der Waals surface area contributed by atoms with Crippen molar-refractivity contribution in [3.05, 3.63) is 59.9 Å². The summed E-state index contributed by atoms with van der Waals surface area (Å²) in [6.45, 7) is 3.98. The van der Waals surface area contributed by atoms with Crippen LogP contribution in [0.5, 0.6) is 5.88 Å².